The maximum absolute atomic E-state index is 13.7. The molecule has 1 saturated carbocycles. The zero-order valence-electron chi connectivity index (χ0n) is 17.2. The van der Waals surface area contributed by atoms with Crippen LogP contribution in [0, 0.1) is 5.92 Å². The summed E-state index contributed by atoms with van der Waals surface area (Å²) in [6.45, 7) is 0. The van der Waals surface area contributed by atoms with Crippen LogP contribution in [-0.2, 0) is 4.79 Å². The van der Waals surface area contributed by atoms with Crippen molar-refractivity contribution >= 4 is 63.3 Å². The number of ketones is 1. The van der Waals surface area contributed by atoms with Crippen molar-refractivity contribution in [1.29, 1.82) is 0 Å². The molecule has 0 aromatic carbocycles. The Kier molecular flexibility index (Phi) is 6.40. The topological polar surface area (TPSA) is 37.3 Å². The lowest BCUT2D eigenvalue weighted by atomic mass is 9.77. The van der Waals surface area contributed by atoms with E-state index in [2.05, 4.69) is 39.0 Å². The first-order valence-corrected chi connectivity index (χ1v) is 14.1. The summed E-state index contributed by atoms with van der Waals surface area (Å²) in [6, 6.07) is 8.26. The number of carbonyl (C=O) groups excluding carboxylic acids is 1. The van der Waals surface area contributed by atoms with Gasteiger partial charge in [0.25, 0.3) is 0 Å². The van der Waals surface area contributed by atoms with Gasteiger partial charge in [-0.15, -0.1) is 0 Å². The van der Waals surface area contributed by atoms with Crippen LogP contribution in [0.5, 0.6) is 0 Å². The molecule has 6 heteroatoms. The van der Waals surface area contributed by atoms with Crippen molar-refractivity contribution in [3.63, 3.8) is 0 Å². The number of rotatable bonds is 7. The summed E-state index contributed by atoms with van der Waals surface area (Å²) in [6.07, 6.45) is 7.87. The first kappa shape index (κ1) is 21.7. The van der Waals surface area contributed by atoms with Crippen LogP contribution in [0.25, 0.3) is 12.2 Å². The molecule has 162 valence electrons. The zero-order chi connectivity index (χ0) is 22.0. The lowest BCUT2D eigenvalue weighted by molar-refractivity contribution is -0.123. The zero-order valence-corrected chi connectivity index (χ0v) is 20.4. The highest BCUT2D eigenvalue weighted by atomic mass is 32.1. The Morgan fingerprint density at radius 3 is 2.03 bits per heavy atom. The average molecular weight is 495 g/mol. The van der Waals surface area contributed by atoms with Gasteiger partial charge < -0.3 is 5.11 Å². The standard InChI is InChI=1S/C26H22O2S4/c27-23(2-1-18-4-9-29-14-18)25-24(21-7-12-32-17-21)22(20-6-11-31-16-20)13-26(25,28)8-3-19-5-10-30-15-19/h1-12,14-17,22,24-25,28H,13H2/b2-1+,8-3+/t22-,24-,25+,26-/m0/s1. The van der Waals surface area contributed by atoms with E-state index >= 15 is 0 Å². The van der Waals surface area contributed by atoms with Crippen LogP contribution in [0.1, 0.15) is 40.5 Å². The van der Waals surface area contributed by atoms with Gasteiger partial charge in [0.15, 0.2) is 5.78 Å². The van der Waals surface area contributed by atoms with Gasteiger partial charge in [-0.1, -0.05) is 18.2 Å². The van der Waals surface area contributed by atoms with E-state index < -0.39 is 11.5 Å². The minimum atomic E-state index is -1.22. The molecule has 1 aliphatic rings. The third-order valence-corrected chi connectivity index (χ3v) is 8.98. The monoisotopic (exact) mass is 494 g/mol. The van der Waals surface area contributed by atoms with Gasteiger partial charge in [0.1, 0.15) is 0 Å². The second-order valence-corrected chi connectivity index (χ2v) is 11.2. The van der Waals surface area contributed by atoms with Crippen molar-refractivity contribution in [2.45, 2.75) is 23.9 Å². The van der Waals surface area contributed by atoms with Crippen molar-refractivity contribution in [1.82, 2.24) is 0 Å². The molecule has 1 fully saturated rings. The molecule has 4 aromatic rings. The maximum Gasteiger partial charge on any atom is 0.162 e. The molecule has 2 nitrogen and oxygen atoms in total. The van der Waals surface area contributed by atoms with Gasteiger partial charge in [-0.05, 0) is 108 Å². The summed E-state index contributed by atoms with van der Waals surface area (Å²) in [5, 5.41) is 28.5. The van der Waals surface area contributed by atoms with Gasteiger partial charge in [-0.2, -0.15) is 45.3 Å². The fourth-order valence-electron chi connectivity index (χ4n) is 4.71. The third-order valence-electron chi connectivity index (χ3n) is 6.17. The molecule has 5 rings (SSSR count). The Bertz CT molecular complexity index is 1190. The molecule has 0 bridgehead atoms. The van der Waals surface area contributed by atoms with Crippen molar-refractivity contribution in [3.8, 4) is 0 Å². The minimum Gasteiger partial charge on any atom is -0.385 e. The third kappa shape index (κ3) is 4.38. The van der Waals surface area contributed by atoms with Gasteiger partial charge >= 0.3 is 0 Å². The van der Waals surface area contributed by atoms with E-state index in [0.29, 0.717) is 6.42 Å². The van der Waals surface area contributed by atoms with Crippen LogP contribution < -0.4 is 0 Å². The van der Waals surface area contributed by atoms with E-state index in [4.69, 9.17) is 0 Å². The molecular weight excluding hydrogens is 473 g/mol. The second kappa shape index (κ2) is 9.41. The summed E-state index contributed by atoms with van der Waals surface area (Å²) in [7, 11) is 0. The van der Waals surface area contributed by atoms with Gasteiger partial charge in [-0.3, -0.25) is 4.79 Å². The SMILES string of the molecule is O=C(/C=C/c1ccsc1)[C@@H]1[C@@H](c2ccsc2)[C@H](c2ccsc2)C[C@@]1(O)/C=C/c1ccsc1. The number of thiophene rings is 4. The summed E-state index contributed by atoms with van der Waals surface area (Å²) in [4.78, 5) is 13.7. The Labute approximate surface area is 203 Å². The van der Waals surface area contributed by atoms with E-state index in [1.54, 1.807) is 51.4 Å². The molecule has 0 amide bonds. The average Bonchev–Trinajstić information content (AvgIpc) is 3.61. The smallest absolute Gasteiger partial charge is 0.162 e. The summed E-state index contributed by atoms with van der Waals surface area (Å²) < 4.78 is 0. The van der Waals surface area contributed by atoms with E-state index in [1.807, 2.05) is 46.5 Å². The Hall–Kier alpha value is -2.09. The summed E-state index contributed by atoms with van der Waals surface area (Å²) in [5.74, 6) is -0.571. The molecule has 1 N–H and O–H groups in total. The molecule has 1 aliphatic carbocycles. The van der Waals surface area contributed by atoms with Crippen LogP contribution in [0.3, 0.4) is 0 Å². The van der Waals surface area contributed by atoms with Crippen LogP contribution in [0.2, 0.25) is 0 Å². The van der Waals surface area contributed by atoms with E-state index in [0.717, 1.165) is 16.7 Å². The van der Waals surface area contributed by atoms with E-state index in [1.165, 1.54) is 5.56 Å². The highest BCUT2D eigenvalue weighted by Crippen LogP contribution is 2.56. The highest BCUT2D eigenvalue weighted by molar-refractivity contribution is 7.08. The van der Waals surface area contributed by atoms with Crippen molar-refractivity contribution in [2.75, 3.05) is 0 Å². The minimum absolute atomic E-state index is 0.0254. The molecule has 0 spiro atoms. The van der Waals surface area contributed by atoms with Crippen molar-refractivity contribution in [3.05, 3.63) is 102 Å². The highest BCUT2D eigenvalue weighted by Gasteiger charge is 2.55. The molecule has 0 saturated heterocycles. The van der Waals surface area contributed by atoms with Crippen molar-refractivity contribution in [2.24, 2.45) is 5.92 Å². The Balaban J connectivity index is 1.58. The van der Waals surface area contributed by atoms with E-state index in [-0.39, 0.29) is 17.6 Å². The number of aliphatic hydroxyl groups is 1. The van der Waals surface area contributed by atoms with E-state index in [9.17, 15) is 9.90 Å². The Morgan fingerprint density at radius 2 is 1.44 bits per heavy atom. The second-order valence-electron chi connectivity index (χ2n) is 8.10. The lowest BCUT2D eigenvalue weighted by Crippen LogP contribution is -2.37. The fourth-order valence-corrected chi connectivity index (χ4v) is 7.40. The summed E-state index contributed by atoms with van der Waals surface area (Å²) >= 11 is 6.53. The lowest BCUT2D eigenvalue weighted by Gasteiger charge is -2.28. The predicted molar refractivity (Wildman–Crippen MR) is 139 cm³/mol. The summed E-state index contributed by atoms with van der Waals surface area (Å²) in [5.41, 5.74) is 3.17. The van der Waals surface area contributed by atoms with Crippen LogP contribution in [0.4, 0.5) is 0 Å². The van der Waals surface area contributed by atoms with Crippen molar-refractivity contribution < 1.29 is 9.90 Å². The molecule has 0 radical (unpaired) electrons. The molecule has 4 heterocycles. The van der Waals surface area contributed by atoms with Gasteiger partial charge in [0.2, 0.25) is 0 Å². The Morgan fingerprint density at radius 1 is 0.844 bits per heavy atom. The van der Waals surface area contributed by atoms with Crippen LogP contribution in [0.15, 0.2) is 79.5 Å². The number of hydrogen-bond donors (Lipinski definition) is 1. The number of allylic oxidation sites excluding steroid dienone is 1. The number of carbonyl (C=O) groups is 1. The number of hydrogen-bond acceptors (Lipinski definition) is 6. The molecule has 4 atom stereocenters. The molecule has 0 unspecified atom stereocenters. The normalized spacial score (nSPS) is 25.8. The van der Waals surface area contributed by atoms with Gasteiger partial charge in [0.05, 0.1) is 11.5 Å². The van der Waals surface area contributed by atoms with Gasteiger partial charge in [-0.25, -0.2) is 0 Å². The van der Waals surface area contributed by atoms with Crippen LogP contribution >= 0.6 is 45.3 Å². The first-order chi connectivity index (χ1) is 15.6. The van der Waals surface area contributed by atoms with Gasteiger partial charge in [0, 0.05) is 5.92 Å². The predicted octanol–water partition coefficient (Wildman–Crippen LogP) is 7.55. The quantitative estimate of drug-likeness (QED) is 0.269. The molecule has 4 aromatic heterocycles. The molecular formula is C26H22O2S4. The first-order valence-electron chi connectivity index (χ1n) is 10.4. The maximum atomic E-state index is 13.7. The molecule has 0 aliphatic heterocycles. The fraction of sp³-hybridized carbons (Fsp3) is 0.192. The molecule has 32 heavy (non-hydrogen) atoms. The van der Waals surface area contributed by atoms with Crippen LogP contribution in [-0.4, -0.2) is 16.5 Å². The largest absolute Gasteiger partial charge is 0.385 e.